The van der Waals surface area contributed by atoms with Crippen LogP contribution in [0.2, 0.25) is 0 Å². The molecular formula is C15H25F2N3O2. The third-order valence-corrected chi connectivity index (χ3v) is 4.72. The van der Waals surface area contributed by atoms with Gasteiger partial charge in [-0.15, -0.1) is 0 Å². The van der Waals surface area contributed by atoms with Crippen LogP contribution >= 0.6 is 0 Å². The number of likely N-dealkylation sites (N-methyl/N-ethyl adjacent to an activating group) is 1. The van der Waals surface area contributed by atoms with Gasteiger partial charge in [0, 0.05) is 52.0 Å². The Morgan fingerprint density at radius 2 is 1.73 bits per heavy atom. The van der Waals surface area contributed by atoms with E-state index in [-0.39, 0.29) is 49.3 Å². The number of rotatable bonds is 2. The van der Waals surface area contributed by atoms with Crippen LogP contribution in [-0.2, 0) is 9.59 Å². The molecule has 0 aromatic rings. The first-order valence-corrected chi connectivity index (χ1v) is 7.89. The molecule has 0 radical (unpaired) electrons. The van der Waals surface area contributed by atoms with E-state index in [4.69, 9.17) is 0 Å². The number of alkyl halides is 2. The first kappa shape index (κ1) is 17.1. The fourth-order valence-electron chi connectivity index (χ4n) is 3.29. The summed E-state index contributed by atoms with van der Waals surface area (Å²) in [5.41, 5.74) is 0. The van der Waals surface area contributed by atoms with Crippen molar-refractivity contribution in [2.75, 3.05) is 40.3 Å². The molecule has 1 atom stereocenters. The lowest BCUT2D eigenvalue weighted by Gasteiger charge is -2.32. The summed E-state index contributed by atoms with van der Waals surface area (Å²) in [6.07, 6.45) is 0.0532. The van der Waals surface area contributed by atoms with E-state index in [1.54, 1.807) is 11.9 Å². The third kappa shape index (κ3) is 4.15. The molecule has 1 saturated carbocycles. The van der Waals surface area contributed by atoms with Gasteiger partial charge >= 0.3 is 0 Å². The summed E-state index contributed by atoms with van der Waals surface area (Å²) in [7, 11) is 3.51. The Hall–Kier alpha value is -1.24. The quantitative estimate of drug-likeness (QED) is 0.825. The average Bonchev–Trinajstić information content (AvgIpc) is 2.68. The Morgan fingerprint density at radius 3 is 2.32 bits per heavy atom. The number of halogens is 2. The fourth-order valence-corrected chi connectivity index (χ4v) is 3.29. The molecule has 22 heavy (non-hydrogen) atoms. The van der Waals surface area contributed by atoms with E-state index >= 15 is 0 Å². The summed E-state index contributed by atoms with van der Waals surface area (Å²) in [5, 5.41) is 2.63. The summed E-state index contributed by atoms with van der Waals surface area (Å²) < 4.78 is 26.5. The van der Waals surface area contributed by atoms with Crippen molar-refractivity contribution in [3.63, 3.8) is 0 Å². The Bertz CT molecular complexity index is 421. The van der Waals surface area contributed by atoms with E-state index in [9.17, 15) is 18.4 Å². The maximum absolute atomic E-state index is 13.2. The monoisotopic (exact) mass is 317 g/mol. The highest BCUT2D eigenvalue weighted by Crippen LogP contribution is 2.37. The van der Waals surface area contributed by atoms with Gasteiger partial charge in [-0.1, -0.05) is 0 Å². The van der Waals surface area contributed by atoms with Crippen molar-refractivity contribution < 1.29 is 18.4 Å². The first-order valence-electron chi connectivity index (χ1n) is 7.89. The van der Waals surface area contributed by atoms with E-state index in [0.717, 1.165) is 0 Å². The van der Waals surface area contributed by atoms with E-state index in [2.05, 4.69) is 5.32 Å². The number of carbonyl (C=O) groups is 2. The number of amides is 2. The van der Waals surface area contributed by atoms with Gasteiger partial charge in [0.15, 0.2) is 0 Å². The standard InChI is InChI=1S/C15H25F2N3O2/c1-18-13(21)12-9-19(2)7-8-20(10-12)14(22)11-3-5-15(16,17)6-4-11/h11-12H,3-10H2,1-2H3,(H,18,21)/t12-/m0/s1. The highest BCUT2D eigenvalue weighted by Gasteiger charge is 2.39. The lowest BCUT2D eigenvalue weighted by Crippen LogP contribution is -2.44. The Balaban J connectivity index is 2.00. The van der Waals surface area contributed by atoms with E-state index < -0.39 is 5.92 Å². The predicted molar refractivity (Wildman–Crippen MR) is 78.5 cm³/mol. The number of nitrogens with one attached hydrogen (secondary N) is 1. The molecule has 5 nitrogen and oxygen atoms in total. The normalized spacial score (nSPS) is 27.3. The Kier molecular flexibility index (Phi) is 5.36. The van der Waals surface area contributed by atoms with Gasteiger partial charge in [-0.05, 0) is 19.9 Å². The Morgan fingerprint density at radius 1 is 1.09 bits per heavy atom. The van der Waals surface area contributed by atoms with E-state index in [0.29, 0.717) is 26.2 Å². The molecular weight excluding hydrogens is 292 g/mol. The minimum absolute atomic E-state index is 0.0697. The van der Waals surface area contributed by atoms with Gasteiger partial charge < -0.3 is 15.1 Å². The average molecular weight is 317 g/mol. The molecule has 1 saturated heterocycles. The van der Waals surface area contributed by atoms with Gasteiger partial charge in [0.2, 0.25) is 17.7 Å². The maximum atomic E-state index is 13.2. The van der Waals surface area contributed by atoms with Crippen molar-refractivity contribution in [1.82, 2.24) is 15.1 Å². The zero-order valence-corrected chi connectivity index (χ0v) is 13.3. The van der Waals surface area contributed by atoms with Crippen LogP contribution in [0.15, 0.2) is 0 Å². The van der Waals surface area contributed by atoms with Crippen LogP contribution in [0.25, 0.3) is 0 Å². The summed E-state index contributed by atoms with van der Waals surface area (Å²) in [6, 6.07) is 0. The molecule has 0 unspecified atom stereocenters. The molecule has 1 heterocycles. The van der Waals surface area contributed by atoms with Crippen LogP contribution in [-0.4, -0.2) is 67.8 Å². The van der Waals surface area contributed by atoms with Crippen molar-refractivity contribution in [3.05, 3.63) is 0 Å². The molecule has 2 aliphatic rings. The molecule has 1 N–H and O–H groups in total. The largest absolute Gasteiger partial charge is 0.359 e. The number of hydrogen-bond donors (Lipinski definition) is 1. The van der Waals surface area contributed by atoms with Crippen LogP contribution in [0.3, 0.4) is 0 Å². The molecule has 0 spiro atoms. The van der Waals surface area contributed by atoms with Gasteiger partial charge in [0.05, 0.1) is 5.92 Å². The second-order valence-corrected chi connectivity index (χ2v) is 6.49. The summed E-state index contributed by atoms with van der Waals surface area (Å²) in [5.74, 6) is -3.37. The SMILES string of the molecule is CNC(=O)[C@H]1CN(C)CCN(C(=O)C2CCC(F)(F)CC2)C1. The van der Waals surface area contributed by atoms with E-state index in [1.165, 1.54) is 0 Å². The minimum Gasteiger partial charge on any atom is -0.359 e. The zero-order valence-electron chi connectivity index (χ0n) is 13.3. The van der Waals surface area contributed by atoms with Crippen molar-refractivity contribution in [2.24, 2.45) is 11.8 Å². The number of hydrogen-bond acceptors (Lipinski definition) is 3. The summed E-state index contributed by atoms with van der Waals surface area (Å²) in [6.45, 7) is 2.22. The molecule has 2 amide bonds. The van der Waals surface area contributed by atoms with Crippen LogP contribution < -0.4 is 5.32 Å². The van der Waals surface area contributed by atoms with Gasteiger partial charge in [-0.2, -0.15) is 0 Å². The molecule has 1 aliphatic heterocycles. The van der Waals surface area contributed by atoms with Crippen LogP contribution in [0.5, 0.6) is 0 Å². The first-order chi connectivity index (χ1) is 10.3. The summed E-state index contributed by atoms with van der Waals surface area (Å²) >= 11 is 0. The molecule has 0 aromatic carbocycles. The van der Waals surface area contributed by atoms with Gasteiger partial charge in [-0.3, -0.25) is 9.59 Å². The molecule has 2 fully saturated rings. The van der Waals surface area contributed by atoms with Crippen LogP contribution in [0, 0.1) is 11.8 Å². The van der Waals surface area contributed by atoms with Crippen molar-refractivity contribution in [1.29, 1.82) is 0 Å². The van der Waals surface area contributed by atoms with Crippen LogP contribution in [0.1, 0.15) is 25.7 Å². The maximum Gasteiger partial charge on any atom is 0.248 e. The predicted octanol–water partition coefficient (Wildman–Crippen LogP) is 0.948. The highest BCUT2D eigenvalue weighted by atomic mass is 19.3. The topological polar surface area (TPSA) is 52.7 Å². The second kappa shape index (κ2) is 6.89. The van der Waals surface area contributed by atoms with E-state index in [1.807, 2.05) is 11.9 Å². The smallest absolute Gasteiger partial charge is 0.248 e. The highest BCUT2D eigenvalue weighted by molar-refractivity contribution is 5.82. The molecule has 0 aromatic heterocycles. The minimum atomic E-state index is -2.62. The Labute approximate surface area is 130 Å². The molecule has 0 bridgehead atoms. The third-order valence-electron chi connectivity index (χ3n) is 4.72. The van der Waals surface area contributed by atoms with Crippen molar-refractivity contribution in [2.45, 2.75) is 31.6 Å². The number of nitrogens with zero attached hydrogens (tertiary/aromatic N) is 2. The van der Waals surface area contributed by atoms with Gasteiger partial charge in [0.25, 0.3) is 0 Å². The summed E-state index contributed by atoms with van der Waals surface area (Å²) in [4.78, 5) is 28.3. The van der Waals surface area contributed by atoms with Crippen LogP contribution in [0.4, 0.5) is 8.78 Å². The fraction of sp³-hybridized carbons (Fsp3) is 0.867. The molecule has 2 rings (SSSR count). The second-order valence-electron chi connectivity index (χ2n) is 6.49. The zero-order chi connectivity index (χ0) is 16.3. The van der Waals surface area contributed by atoms with Crippen molar-refractivity contribution in [3.8, 4) is 0 Å². The lowest BCUT2D eigenvalue weighted by molar-refractivity contribution is -0.140. The van der Waals surface area contributed by atoms with Gasteiger partial charge in [-0.25, -0.2) is 8.78 Å². The molecule has 126 valence electrons. The van der Waals surface area contributed by atoms with Gasteiger partial charge in [0.1, 0.15) is 0 Å². The lowest BCUT2D eigenvalue weighted by atomic mass is 9.85. The number of carbonyl (C=O) groups excluding carboxylic acids is 2. The van der Waals surface area contributed by atoms with Crippen molar-refractivity contribution >= 4 is 11.8 Å². The molecule has 1 aliphatic carbocycles. The molecule has 7 heteroatoms.